The molecule has 0 aliphatic heterocycles. The Labute approximate surface area is 135 Å². The molecule has 3 aromatic heterocycles. The van der Waals surface area contributed by atoms with Crippen molar-refractivity contribution >= 4 is 33.3 Å². The number of amides is 1. The number of hydrogen-bond donors (Lipinski definition) is 1. The number of aromatic nitrogens is 2. The number of para-hydroxylation sites is 1. The van der Waals surface area contributed by atoms with E-state index >= 15 is 0 Å². The molecule has 5 nitrogen and oxygen atoms in total. The fourth-order valence-corrected chi connectivity index (χ4v) is 2.91. The molecule has 0 spiro atoms. The van der Waals surface area contributed by atoms with Gasteiger partial charge in [-0.05, 0) is 24.3 Å². The van der Waals surface area contributed by atoms with E-state index in [1.807, 2.05) is 35.7 Å². The second kappa shape index (κ2) is 5.66. The first-order valence-corrected chi connectivity index (χ1v) is 7.84. The Balaban J connectivity index is 1.58. The van der Waals surface area contributed by atoms with Crippen molar-refractivity contribution in [1.29, 1.82) is 0 Å². The highest BCUT2D eigenvalue weighted by atomic mass is 32.1. The zero-order valence-corrected chi connectivity index (χ0v) is 12.7. The first-order chi connectivity index (χ1) is 11.3. The number of thiazole rings is 1. The van der Waals surface area contributed by atoms with E-state index in [0.29, 0.717) is 22.3 Å². The average molecular weight is 321 g/mol. The van der Waals surface area contributed by atoms with Crippen molar-refractivity contribution in [2.24, 2.45) is 0 Å². The maximum absolute atomic E-state index is 12.1. The molecule has 0 fully saturated rings. The molecule has 23 heavy (non-hydrogen) atoms. The normalized spacial score (nSPS) is 10.8. The van der Waals surface area contributed by atoms with E-state index in [4.69, 9.17) is 4.42 Å². The van der Waals surface area contributed by atoms with E-state index in [-0.39, 0.29) is 5.91 Å². The molecule has 4 rings (SSSR count). The zero-order chi connectivity index (χ0) is 15.6. The largest absolute Gasteiger partial charge is 0.454 e. The molecule has 1 amide bonds. The lowest BCUT2D eigenvalue weighted by atomic mass is 10.2. The number of carbonyl (C=O) groups excluding carboxylic acids is 1. The third kappa shape index (κ3) is 2.72. The van der Waals surface area contributed by atoms with Crippen molar-refractivity contribution in [3.63, 3.8) is 0 Å². The van der Waals surface area contributed by atoms with Crippen LogP contribution in [-0.4, -0.2) is 15.9 Å². The van der Waals surface area contributed by atoms with Gasteiger partial charge in [0.1, 0.15) is 17.0 Å². The van der Waals surface area contributed by atoms with Crippen LogP contribution >= 0.6 is 11.3 Å². The van der Waals surface area contributed by atoms with Crippen LogP contribution in [0, 0.1) is 0 Å². The quantitative estimate of drug-likeness (QED) is 0.614. The summed E-state index contributed by atoms with van der Waals surface area (Å²) in [5.41, 5.74) is 1.87. The number of fused-ring (bicyclic) bond motifs is 1. The summed E-state index contributed by atoms with van der Waals surface area (Å²) in [7, 11) is 0. The number of carbonyl (C=O) groups is 1. The maximum Gasteiger partial charge on any atom is 0.276 e. The van der Waals surface area contributed by atoms with E-state index in [1.165, 1.54) is 11.3 Å². The third-order valence-corrected chi connectivity index (χ3v) is 4.06. The van der Waals surface area contributed by atoms with Gasteiger partial charge in [-0.2, -0.15) is 0 Å². The SMILES string of the molecule is O=C(Nc1nc(-c2cc3ccccc3o2)cs1)c1ccccn1. The fourth-order valence-electron chi connectivity index (χ4n) is 2.21. The molecular formula is C17H11N3O2S. The van der Waals surface area contributed by atoms with E-state index in [2.05, 4.69) is 15.3 Å². The van der Waals surface area contributed by atoms with Crippen molar-refractivity contribution in [3.05, 3.63) is 65.8 Å². The molecule has 0 radical (unpaired) electrons. The third-order valence-electron chi connectivity index (χ3n) is 3.30. The van der Waals surface area contributed by atoms with Crippen molar-refractivity contribution in [2.45, 2.75) is 0 Å². The highest BCUT2D eigenvalue weighted by Gasteiger charge is 2.13. The van der Waals surface area contributed by atoms with Crippen LogP contribution in [0.25, 0.3) is 22.4 Å². The molecule has 6 heteroatoms. The minimum atomic E-state index is -0.281. The predicted octanol–water partition coefficient (Wildman–Crippen LogP) is 4.20. The van der Waals surface area contributed by atoms with Gasteiger partial charge in [0.2, 0.25) is 0 Å². The summed E-state index contributed by atoms with van der Waals surface area (Å²) in [4.78, 5) is 20.5. The number of hydrogen-bond acceptors (Lipinski definition) is 5. The molecule has 3 heterocycles. The number of nitrogens with zero attached hydrogens (tertiary/aromatic N) is 2. The van der Waals surface area contributed by atoms with Crippen LogP contribution in [0.2, 0.25) is 0 Å². The smallest absolute Gasteiger partial charge is 0.276 e. The number of anilines is 1. The highest BCUT2D eigenvalue weighted by molar-refractivity contribution is 7.14. The van der Waals surface area contributed by atoms with Gasteiger partial charge in [0.05, 0.1) is 0 Å². The molecule has 1 aromatic carbocycles. The Morgan fingerprint density at radius 1 is 1.13 bits per heavy atom. The number of rotatable bonds is 3. The van der Waals surface area contributed by atoms with Gasteiger partial charge in [-0.1, -0.05) is 24.3 Å². The lowest BCUT2D eigenvalue weighted by molar-refractivity contribution is 0.102. The van der Waals surface area contributed by atoms with Gasteiger partial charge in [-0.3, -0.25) is 15.1 Å². The van der Waals surface area contributed by atoms with Gasteiger partial charge in [0, 0.05) is 17.0 Å². The van der Waals surface area contributed by atoms with Crippen LogP contribution in [0.1, 0.15) is 10.5 Å². The van der Waals surface area contributed by atoms with Crippen molar-refractivity contribution in [3.8, 4) is 11.5 Å². The van der Waals surface area contributed by atoms with Crippen LogP contribution in [0.3, 0.4) is 0 Å². The van der Waals surface area contributed by atoms with Gasteiger partial charge < -0.3 is 4.42 Å². The summed E-state index contributed by atoms with van der Waals surface area (Å²) in [6, 6.07) is 14.9. The monoisotopic (exact) mass is 321 g/mol. The van der Waals surface area contributed by atoms with Crippen LogP contribution in [-0.2, 0) is 0 Å². The lowest BCUT2D eigenvalue weighted by Gasteiger charge is -1.99. The molecular weight excluding hydrogens is 310 g/mol. The minimum Gasteiger partial charge on any atom is -0.454 e. The number of benzene rings is 1. The Hall–Kier alpha value is -2.99. The Bertz CT molecular complexity index is 943. The molecule has 0 unspecified atom stereocenters. The molecule has 0 atom stereocenters. The fraction of sp³-hybridized carbons (Fsp3) is 0. The molecule has 1 N–H and O–H groups in total. The minimum absolute atomic E-state index is 0.281. The maximum atomic E-state index is 12.1. The Morgan fingerprint density at radius 2 is 2.00 bits per heavy atom. The molecule has 4 aromatic rings. The molecule has 0 aliphatic rings. The van der Waals surface area contributed by atoms with Crippen LogP contribution in [0.4, 0.5) is 5.13 Å². The number of nitrogens with one attached hydrogen (secondary N) is 1. The molecule has 112 valence electrons. The van der Waals surface area contributed by atoms with Gasteiger partial charge in [-0.15, -0.1) is 11.3 Å². The second-order valence-corrected chi connectivity index (χ2v) is 5.71. The van der Waals surface area contributed by atoms with Gasteiger partial charge in [0.25, 0.3) is 5.91 Å². The summed E-state index contributed by atoms with van der Waals surface area (Å²) >= 11 is 1.35. The summed E-state index contributed by atoms with van der Waals surface area (Å²) in [6.45, 7) is 0. The number of furan rings is 1. The van der Waals surface area contributed by atoms with Crippen molar-refractivity contribution < 1.29 is 9.21 Å². The van der Waals surface area contributed by atoms with Crippen LogP contribution in [0.5, 0.6) is 0 Å². The summed E-state index contributed by atoms with van der Waals surface area (Å²) in [5.74, 6) is 0.400. The van der Waals surface area contributed by atoms with Crippen molar-refractivity contribution in [1.82, 2.24) is 9.97 Å². The lowest BCUT2D eigenvalue weighted by Crippen LogP contribution is -2.13. The van der Waals surface area contributed by atoms with E-state index in [0.717, 1.165) is 11.0 Å². The molecule has 0 bridgehead atoms. The summed E-state index contributed by atoms with van der Waals surface area (Å²) in [6.07, 6.45) is 1.58. The topological polar surface area (TPSA) is 68.0 Å². The van der Waals surface area contributed by atoms with E-state index < -0.39 is 0 Å². The van der Waals surface area contributed by atoms with Gasteiger partial charge >= 0.3 is 0 Å². The van der Waals surface area contributed by atoms with E-state index in [9.17, 15) is 4.79 Å². The summed E-state index contributed by atoms with van der Waals surface area (Å²) < 4.78 is 5.78. The molecule has 0 saturated heterocycles. The second-order valence-electron chi connectivity index (χ2n) is 4.86. The van der Waals surface area contributed by atoms with Crippen LogP contribution < -0.4 is 5.32 Å². The average Bonchev–Trinajstić information content (AvgIpc) is 3.21. The first kappa shape index (κ1) is 13.7. The standard InChI is InChI=1S/C17H11N3O2S/c21-16(12-6-3-4-8-18-12)20-17-19-13(10-23-17)15-9-11-5-1-2-7-14(11)22-15/h1-10H,(H,19,20,21). The Morgan fingerprint density at radius 3 is 2.83 bits per heavy atom. The predicted molar refractivity (Wildman–Crippen MR) is 89.5 cm³/mol. The molecule has 0 aliphatic carbocycles. The van der Waals surface area contributed by atoms with Crippen molar-refractivity contribution in [2.75, 3.05) is 5.32 Å². The first-order valence-electron chi connectivity index (χ1n) is 6.96. The molecule has 0 saturated carbocycles. The highest BCUT2D eigenvalue weighted by Crippen LogP contribution is 2.30. The number of pyridine rings is 1. The van der Waals surface area contributed by atoms with Gasteiger partial charge in [0.15, 0.2) is 10.9 Å². The van der Waals surface area contributed by atoms with E-state index in [1.54, 1.807) is 24.4 Å². The van der Waals surface area contributed by atoms with Crippen LogP contribution in [0.15, 0.2) is 64.5 Å². The summed E-state index contributed by atoms with van der Waals surface area (Å²) in [5, 5.41) is 6.13. The van der Waals surface area contributed by atoms with Gasteiger partial charge in [-0.25, -0.2) is 4.98 Å². The Kier molecular flexibility index (Phi) is 3.36. The zero-order valence-electron chi connectivity index (χ0n) is 11.9.